The fourth-order valence-electron chi connectivity index (χ4n) is 2.83. The molecule has 2 rings (SSSR count). The third kappa shape index (κ3) is 5.47. The summed E-state index contributed by atoms with van der Waals surface area (Å²) in [5.41, 5.74) is 0. The summed E-state index contributed by atoms with van der Waals surface area (Å²) in [5.74, 6) is 0.744. The summed E-state index contributed by atoms with van der Waals surface area (Å²) in [4.78, 5) is 16.8. The van der Waals surface area contributed by atoms with Gasteiger partial charge < -0.3 is 25.0 Å². The number of urea groups is 1. The second-order valence-electron chi connectivity index (χ2n) is 6.05. The van der Waals surface area contributed by atoms with Gasteiger partial charge in [0, 0.05) is 39.8 Å². The van der Waals surface area contributed by atoms with Gasteiger partial charge in [-0.2, -0.15) is 0 Å². The van der Waals surface area contributed by atoms with Crippen LogP contribution in [0.3, 0.4) is 0 Å². The zero-order chi connectivity index (χ0) is 16.7. The number of piperazine rings is 1. The van der Waals surface area contributed by atoms with Crippen molar-refractivity contribution in [1.29, 1.82) is 0 Å². The van der Waals surface area contributed by atoms with E-state index in [1.807, 2.05) is 14.0 Å². The molecule has 1 saturated heterocycles. The van der Waals surface area contributed by atoms with Crippen LogP contribution < -0.4 is 10.6 Å². The number of carbonyl (C=O) groups excluding carboxylic acids is 1. The Morgan fingerprint density at radius 3 is 2.61 bits per heavy atom. The molecule has 0 saturated carbocycles. The summed E-state index contributed by atoms with van der Waals surface area (Å²) in [7, 11) is 1.86. The van der Waals surface area contributed by atoms with Crippen LogP contribution in [0, 0.1) is 0 Å². The first-order valence-corrected chi connectivity index (χ1v) is 8.43. The quantitative estimate of drug-likeness (QED) is 0.701. The van der Waals surface area contributed by atoms with Gasteiger partial charge in [-0.15, -0.1) is 10.2 Å². The molecule has 0 aliphatic carbocycles. The Morgan fingerprint density at radius 1 is 1.30 bits per heavy atom. The Bertz CT molecular complexity index is 482. The zero-order valence-corrected chi connectivity index (χ0v) is 14.5. The predicted octanol–water partition coefficient (Wildman–Crippen LogP) is 0.203. The van der Waals surface area contributed by atoms with Crippen molar-refractivity contribution < 1.29 is 4.79 Å². The Labute approximate surface area is 138 Å². The van der Waals surface area contributed by atoms with Crippen molar-refractivity contribution in [3.8, 4) is 0 Å². The first-order chi connectivity index (χ1) is 11.1. The van der Waals surface area contributed by atoms with Gasteiger partial charge in [-0.1, -0.05) is 6.92 Å². The van der Waals surface area contributed by atoms with E-state index in [2.05, 4.69) is 37.6 Å². The van der Waals surface area contributed by atoms with Crippen molar-refractivity contribution in [2.45, 2.75) is 26.3 Å². The van der Waals surface area contributed by atoms with Crippen molar-refractivity contribution in [2.24, 2.45) is 7.05 Å². The van der Waals surface area contributed by atoms with Crippen molar-refractivity contribution in [3.05, 3.63) is 12.2 Å². The van der Waals surface area contributed by atoms with E-state index < -0.39 is 0 Å². The molecule has 0 radical (unpaired) electrons. The summed E-state index contributed by atoms with van der Waals surface area (Å²) in [6.07, 6.45) is 2.60. The number of nitrogens with one attached hydrogen (secondary N) is 2. The molecule has 0 aromatic carbocycles. The van der Waals surface area contributed by atoms with Crippen LogP contribution in [0.5, 0.6) is 0 Å². The number of rotatable bonds is 7. The Morgan fingerprint density at radius 2 is 2.00 bits per heavy atom. The number of carbonyl (C=O) groups is 1. The first kappa shape index (κ1) is 17.7. The zero-order valence-electron chi connectivity index (χ0n) is 14.5. The van der Waals surface area contributed by atoms with Crippen LogP contribution in [0.2, 0.25) is 0 Å². The summed E-state index contributed by atoms with van der Waals surface area (Å²) < 4.78 is 1.81. The van der Waals surface area contributed by atoms with Gasteiger partial charge >= 0.3 is 6.03 Å². The van der Waals surface area contributed by atoms with E-state index in [0.717, 1.165) is 51.5 Å². The average molecular weight is 323 g/mol. The van der Waals surface area contributed by atoms with E-state index in [9.17, 15) is 4.79 Å². The normalized spacial score (nSPS) is 17.9. The molecular formula is C15H29N7O. The van der Waals surface area contributed by atoms with Crippen LogP contribution in [0.1, 0.15) is 32.1 Å². The monoisotopic (exact) mass is 323 g/mol. The average Bonchev–Trinajstić information content (AvgIpc) is 2.98. The Balaban J connectivity index is 1.57. The summed E-state index contributed by atoms with van der Waals surface area (Å²) in [6, 6.07) is -0.319. The molecule has 1 aliphatic rings. The third-order valence-corrected chi connectivity index (χ3v) is 4.33. The molecular weight excluding hydrogens is 294 g/mol. The molecule has 1 fully saturated rings. The van der Waals surface area contributed by atoms with Gasteiger partial charge in [-0.05, 0) is 26.4 Å². The van der Waals surface area contributed by atoms with Crippen LogP contribution in [-0.4, -0.2) is 76.4 Å². The maximum atomic E-state index is 11.9. The van der Waals surface area contributed by atoms with E-state index in [4.69, 9.17) is 0 Å². The molecule has 1 aromatic heterocycles. The summed E-state index contributed by atoms with van der Waals surface area (Å²) >= 11 is 0. The minimum Gasteiger partial charge on any atom is -0.338 e. The fourth-order valence-corrected chi connectivity index (χ4v) is 2.83. The molecule has 1 aliphatic heterocycles. The topological polar surface area (TPSA) is 78.3 Å². The smallest absolute Gasteiger partial charge is 0.315 e. The SMILES string of the molecule is CCN1CCN(CCCNC(=O)NC(C)c2nncn2C)CC1. The van der Waals surface area contributed by atoms with Gasteiger partial charge in [0.2, 0.25) is 0 Å². The third-order valence-electron chi connectivity index (χ3n) is 4.33. The fraction of sp³-hybridized carbons (Fsp3) is 0.800. The largest absolute Gasteiger partial charge is 0.338 e. The standard InChI is InChI=1S/C15H29N7O/c1-4-21-8-10-22(11-9-21)7-5-6-16-15(23)18-13(2)14-19-17-12-20(14)3/h12-13H,4-11H2,1-3H3,(H2,16,18,23). The molecule has 2 amide bonds. The number of aromatic nitrogens is 3. The van der Waals surface area contributed by atoms with Gasteiger partial charge in [-0.25, -0.2) is 4.79 Å². The number of amides is 2. The van der Waals surface area contributed by atoms with E-state index >= 15 is 0 Å². The lowest BCUT2D eigenvalue weighted by atomic mass is 10.3. The molecule has 1 unspecified atom stereocenters. The molecule has 130 valence electrons. The molecule has 0 spiro atoms. The minimum absolute atomic E-state index is 0.156. The second-order valence-corrected chi connectivity index (χ2v) is 6.05. The minimum atomic E-state index is -0.162. The van der Waals surface area contributed by atoms with Crippen LogP contribution in [0.4, 0.5) is 4.79 Å². The van der Waals surface area contributed by atoms with Gasteiger partial charge in [-0.3, -0.25) is 0 Å². The highest BCUT2D eigenvalue weighted by Gasteiger charge is 2.15. The highest BCUT2D eigenvalue weighted by atomic mass is 16.2. The predicted molar refractivity (Wildman–Crippen MR) is 89.1 cm³/mol. The Kier molecular flexibility index (Phi) is 6.79. The van der Waals surface area contributed by atoms with Gasteiger partial charge in [0.15, 0.2) is 5.82 Å². The summed E-state index contributed by atoms with van der Waals surface area (Å²) in [5, 5.41) is 13.6. The highest BCUT2D eigenvalue weighted by molar-refractivity contribution is 5.74. The van der Waals surface area contributed by atoms with Crippen molar-refractivity contribution in [2.75, 3.05) is 45.8 Å². The molecule has 0 bridgehead atoms. The molecule has 8 nitrogen and oxygen atoms in total. The van der Waals surface area contributed by atoms with E-state index in [1.54, 1.807) is 10.9 Å². The number of aryl methyl sites for hydroxylation is 1. The van der Waals surface area contributed by atoms with Crippen molar-refractivity contribution >= 4 is 6.03 Å². The lowest BCUT2D eigenvalue weighted by Gasteiger charge is -2.33. The highest BCUT2D eigenvalue weighted by Crippen LogP contribution is 2.06. The van der Waals surface area contributed by atoms with E-state index in [0.29, 0.717) is 6.54 Å². The Hall–Kier alpha value is -1.67. The molecule has 2 heterocycles. The summed E-state index contributed by atoms with van der Waals surface area (Å²) in [6.45, 7) is 11.5. The molecule has 1 aromatic rings. The number of likely N-dealkylation sites (N-methyl/N-ethyl adjacent to an activating group) is 1. The van der Waals surface area contributed by atoms with Crippen LogP contribution >= 0.6 is 0 Å². The maximum absolute atomic E-state index is 11.9. The van der Waals surface area contributed by atoms with Crippen molar-refractivity contribution in [3.63, 3.8) is 0 Å². The lowest BCUT2D eigenvalue weighted by molar-refractivity contribution is 0.136. The van der Waals surface area contributed by atoms with E-state index in [1.165, 1.54) is 0 Å². The number of hydrogen-bond acceptors (Lipinski definition) is 5. The molecule has 2 N–H and O–H groups in total. The molecule has 1 atom stereocenters. The van der Waals surface area contributed by atoms with Crippen molar-refractivity contribution in [1.82, 2.24) is 35.2 Å². The molecule has 23 heavy (non-hydrogen) atoms. The first-order valence-electron chi connectivity index (χ1n) is 8.43. The van der Waals surface area contributed by atoms with Gasteiger partial charge in [0.25, 0.3) is 0 Å². The lowest BCUT2D eigenvalue weighted by Crippen LogP contribution is -2.47. The second kappa shape index (κ2) is 8.83. The molecule has 8 heteroatoms. The van der Waals surface area contributed by atoms with Crippen LogP contribution in [0.15, 0.2) is 6.33 Å². The number of nitrogens with zero attached hydrogens (tertiary/aromatic N) is 5. The van der Waals surface area contributed by atoms with Gasteiger partial charge in [0.05, 0.1) is 6.04 Å². The van der Waals surface area contributed by atoms with Gasteiger partial charge in [0.1, 0.15) is 6.33 Å². The van der Waals surface area contributed by atoms with Crippen LogP contribution in [-0.2, 0) is 7.05 Å². The van der Waals surface area contributed by atoms with Crippen LogP contribution in [0.25, 0.3) is 0 Å². The number of hydrogen-bond donors (Lipinski definition) is 2. The maximum Gasteiger partial charge on any atom is 0.315 e. The van der Waals surface area contributed by atoms with E-state index in [-0.39, 0.29) is 12.1 Å².